The van der Waals surface area contributed by atoms with Crippen LogP contribution in [0.1, 0.15) is 13.8 Å². The number of nitrogens with zero attached hydrogens (tertiary/aromatic N) is 1. The molecule has 3 nitrogen and oxygen atoms in total. The summed E-state index contributed by atoms with van der Waals surface area (Å²) in [5.74, 6) is 0. The standard InChI is InChI=1S/C6H14NO2/c1-3-7(4-2)5-6-9-8/h3-6H2,1-2H3. The lowest BCUT2D eigenvalue weighted by atomic mass is 10.5. The van der Waals surface area contributed by atoms with Crippen molar-refractivity contribution in [2.45, 2.75) is 13.8 Å². The van der Waals surface area contributed by atoms with Crippen LogP contribution in [0.3, 0.4) is 0 Å². The van der Waals surface area contributed by atoms with Gasteiger partial charge in [0, 0.05) is 6.54 Å². The van der Waals surface area contributed by atoms with Crippen LogP contribution in [0.5, 0.6) is 0 Å². The number of hydrogen-bond donors (Lipinski definition) is 0. The van der Waals surface area contributed by atoms with Gasteiger partial charge in [0.2, 0.25) is 0 Å². The van der Waals surface area contributed by atoms with E-state index in [0.717, 1.165) is 19.6 Å². The van der Waals surface area contributed by atoms with Crippen LogP contribution in [-0.2, 0) is 10.1 Å². The summed E-state index contributed by atoms with van der Waals surface area (Å²) in [5, 5.41) is 9.54. The average Bonchev–Trinajstić information content (AvgIpc) is 1.91. The average molecular weight is 132 g/mol. The Hall–Kier alpha value is -0.120. The summed E-state index contributed by atoms with van der Waals surface area (Å²) in [6, 6.07) is 0. The molecule has 9 heavy (non-hydrogen) atoms. The summed E-state index contributed by atoms with van der Waals surface area (Å²) < 4.78 is 0. The van der Waals surface area contributed by atoms with Crippen LogP contribution in [0.2, 0.25) is 0 Å². The van der Waals surface area contributed by atoms with Crippen LogP contribution in [0.15, 0.2) is 0 Å². The van der Waals surface area contributed by atoms with Gasteiger partial charge in [0.1, 0.15) is 0 Å². The zero-order chi connectivity index (χ0) is 7.11. The molecule has 0 aromatic heterocycles. The van der Waals surface area contributed by atoms with E-state index < -0.39 is 0 Å². The summed E-state index contributed by atoms with van der Waals surface area (Å²) in [6.07, 6.45) is 0. The number of hydrogen-bond acceptors (Lipinski definition) is 2. The van der Waals surface area contributed by atoms with Crippen molar-refractivity contribution in [2.24, 2.45) is 0 Å². The van der Waals surface area contributed by atoms with Crippen LogP contribution in [0.4, 0.5) is 0 Å². The highest BCUT2D eigenvalue weighted by atomic mass is 17.1. The first-order valence-corrected chi connectivity index (χ1v) is 3.32. The van der Waals surface area contributed by atoms with Gasteiger partial charge in [-0.2, -0.15) is 0 Å². The summed E-state index contributed by atoms with van der Waals surface area (Å²) >= 11 is 0. The van der Waals surface area contributed by atoms with Crippen molar-refractivity contribution in [3.8, 4) is 0 Å². The Morgan fingerprint density at radius 2 is 1.89 bits per heavy atom. The molecule has 0 aliphatic heterocycles. The normalized spacial score (nSPS) is 10.7. The van der Waals surface area contributed by atoms with Gasteiger partial charge in [-0.3, -0.25) is 0 Å². The predicted octanol–water partition coefficient (Wildman–Crippen LogP) is 0.690. The highest BCUT2D eigenvalue weighted by Gasteiger charge is 1.96. The van der Waals surface area contributed by atoms with Gasteiger partial charge in [-0.1, -0.05) is 13.8 Å². The summed E-state index contributed by atoms with van der Waals surface area (Å²) in [5.41, 5.74) is 0. The van der Waals surface area contributed by atoms with Crippen LogP contribution in [0.25, 0.3) is 0 Å². The van der Waals surface area contributed by atoms with E-state index in [0.29, 0.717) is 6.61 Å². The smallest absolute Gasteiger partial charge is 0.0981 e. The molecule has 0 aliphatic rings. The molecule has 0 unspecified atom stereocenters. The van der Waals surface area contributed by atoms with Gasteiger partial charge < -0.3 is 4.90 Å². The largest absolute Gasteiger partial charge is 0.301 e. The highest BCUT2D eigenvalue weighted by molar-refractivity contribution is 4.48. The van der Waals surface area contributed by atoms with Gasteiger partial charge >= 0.3 is 0 Å². The van der Waals surface area contributed by atoms with E-state index in [-0.39, 0.29) is 0 Å². The lowest BCUT2D eigenvalue weighted by Gasteiger charge is -2.15. The van der Waals surface area contributed by atoms with Gasteiger partial charge in [-0.15, -0.1) is 0 Å². The first-order chi connectivity index (χ1) is 4.35. The third kappa shape index (κ3) is 4.39. The molecule has 0 rings (SSSR count). The minimum Gasteiger partial charge on any atom is -0.301 e. The van der Waals surface area contributed by atoms with Crippen molar-refractivity contribution in [2.75, 3.05) is 26.2 Å². The van der Waals surface area contributed by atoms with Crippen molar-refractivity contribution < 1.29 is 10.1 Å². The molecule has 0 N–H and O–H groups in total. The molecule has 0 saturated heterocycles. The van der Waals surface area contributed by atoms with Crippen molar-refractivity contribution >= 4 is 0 Å². The fraction of sp³-hybridized carbons (Fsp3) is 1.00. The molecule has 1 radical (unpaired) electrons. The Balaban J connectivity index is 3.09. The van der Waals surface area contributed by atoms with Gasteiger partial charge in [-0.25, -0.2) is 4.89 Å². The summed E-state index contributed by atoms with van der Waals surface area (Å²) in [6.45, 7) is 7.14. The maximum absolute atomic E-state index is 9.54. The molecule has 55 valence electrons. The third-order valence-electron chi connectivity index (χ3n) is 1.39. The lowest BCUT2D eigenvalue weighted by Crippen LogP contribution is -2.26. The first kappa shape index (κ1) is 8.88. The maximum Gasteiger partial charge on any atom is 0.0981 e. The number of rotatable bonds is 5. The highest BCUT2D eigenvalue weighted by Crippen LogP contribution is 1.84. The van der Waals surface area contributed by atoms with E-state index in [1.165, 1.54) is 0 Å². The zero-order valence-electron chi connectivity index (χ0n) is 6.09. The van der Waals surface area contributed by atoms with Crippen molar-refractivity contribution in [1.82, 2.24) is 4.90 Å². The van der Waals surface area contributed by atoms with Gasteiger partial charge in [0.25, 0.3) is 0 Å². The van der Waals surface area contributed by atoms with Crippen molar-refractivity contribution in [1.29, 1.82) is 0 Å². The minimum atomic E-state index is 0.293. The Morgan fingerprint density at radius 3 is 2.22 bits per heavy atom. The van der Waals surface area contributed by atoms with Crippen molar-refractivity contribution in [3.05, 3.63) is 0 Å². The quantitative estimate of drug-likeness (QED) is 0.407. The predicted molar refractivity (Wildman–Crippen MR) is 34.4 cm³/mol. The Bertz CT molecular complexity index is 55.0. The van der Waals surface area contributed by atoms with Crippen LogP contribution in [-0.4, -0.2) is 31.1 Å². The van der Waals surface area contributed by atoms with E-state index in [1.54, 1.807) is 0 Å². The van der Waals surface area contributed by atoms with Crippen LogP contribution in [0, 0.1) is 0 Å². The second-order valence-electron chi connectivity index (χ2n) is 1.85. The van der Waals surface area contributed by atoms with Crippen LogP contribution >= 0.6 is 0 Å². The van der Waals surface area contributed by atoms with E-state index in [9.17, 15) is 5.26 Å². The first-order valence-electron chi connectivity index (χ1n) is 3.32. The fourth-order valence-corrected chi connectivity index (χ4v) is 0.706. The summed E-state index contributed by atoms with van der Waals surface area (Å²) in [7, 11) is 0. The van der Waals surface area contributed by atoms with Gasteiger partial charge in [0.15, 0.2) is 0 Å². The molecule has 0 aromatic carbocycles. The SMILES string of the molecule is CCN(CC)CCO[O]. The monoisotopic (exact) mass is 132 g/mol. The van der Waals surface area contributed by atoms with Crippen molar-refractivity contribution in [3.63, 3.8) is 0 Å². The topological polar surface area (TPSA) is 32.4 Å². The second kappa shape index (κ2) is 6.01. The summed E-state index contributed by atoms with van der Waals surface area (Å²) in [4.78, 5) is 5.82. The maximum atomic E-state index is 9.54. The third-order valence-corrected chi connectivity index (χ3v) is 1.39. The second-order valence-corrected chi connectivity index (χ2v) is 1.85. The fourth-order valence-electron chi connectivity index (χ4n) is 0.706. The lowest BCUT2D eigenvalue weighted by molar-refractivity contribution is -0.304. The van der Waals surface area contributed by atoms with E-state index in [2.05, 4.69) is 23.6 Å². The molecule has 0 aliphatic carbocycles. The molecular formula is C6H14NO2. The Kier molecular flexibility index (Phi) is 5.93. The van der Waals surface area contributed by atoms with E-state index in [1.807, 2.05) is 0 Å². The molecule has 0 atom stereocenters. The molecule has 0 aromatic rings. The molecule has 0 fully saturated rings. The Morgan fingerprint density at radius 1 is 1.33 bits per heavy atom. The zero-order valence-corrected chi connectivity index (χ0v) is 6.09. The Labute approximate surface area is 56.2 Å². The van der Waals surface area contributed by atoms with Gasteiger partial charge in [0.05, 0.1) is 6.61 Å². The molecule has 0 amide bonds. The number of likely N-dealkylation sites (N-methyl/N-ethyl adjacent to an activating group) is 1. The van der Waals surface area contributed by atoms with E-state index >= 15 is 0 Å². The van der Waals surface area contributed by atoms with Crippen LogP contribution < -0.4 is 0 Å². The van der Waals surface area contributed by atoms with E-state index in [4.69, 9.17) is 0 Å². The molecule has 0 saturated carbocycles. The minimum absolute atomic E-state index is 0.293. The molecule has 3 heteroatoms. The molecule has 0 bridgehead atoms. The molecule has 0 spiro atoms. The molecular weight excluding hydrogens is 118 g/mol. The van der Waals surface area contributed by atoms with Gasteiger partial charge in [-0.05, 0) is 18.3 Å². The molecule has 0 heterocycles.